The Balaban J connectivity index is 2.04. The molecule has 0 bridgehead atoms. The molecule has 3 heteroatoms. The van der Waals surface area contributed by atoms with E-state index in [4.69, 9.17) is 17.4 Å². The first-order chi connectivity index (χ1) is 9.24. The molecule has 1 aromatic carbocycles. The number of hydrogen-bond donors (Lipinski definition) is 2. The first-order valence-corrected chi connectivity index (χ1v) is 7.83. The van der Waals surface area contributed by atoms with E-state index in [2.05, 4.69) is 24.5 Å². The third kappa shape index (κ3) is 3.95. The van der Waals surface area contributed by atoms with Crippen LogP contribution in [0, 0.1) is 11.8 Å². The summed E-state index contributed by atoms with van der Waals surface area (Å²) in [5.41, 5.74) is 4.38. The van der Waals surface area contributed by atoms with Gasteiger partial charge >= 0.3 is 0 Å². The van der Waals surface area contributed by atoms with Crippen molar-refractivity contribution in [3.63, 3.8) is 0 Å². The van der Waals surface area contributed by atoms with Crippen molar-refractivity contribution in [2.45, 2.75) is 51.5 Å². The summed E-state index contributed by atoms with van der Waals surface area (Å²) in [6.07, 6.45) is 7.66. The molecule has 2 nitrogen and oxygen atoms in total. The molecule has 3 N–H and O–H groups in total. The lowest BCUT2D eigenvalue weighted by atomic mass is 9.73. The second-order valence-corrected chi connectivity index (χ2v) is 6.16. The normalized spacial score (nSPS) is 25.2. The Morgan fingerprint density at radius 1 is 1.26 bits per heavy atom. The van der Waals surface area contributed by atoms with Gasteiger partial charge in [-0.15, -0.1) is 0 Å². The van der Waals surface area contributed by atoms with Crippen LogP contribution >= 0.6 is 11.6 Å². The van der Waals surface area contributed by atoms with Gasteiger partial charge in [0.25, 0.3) is 0 Å². The Bertz CT molecular complexity index is 377. The van der Waals surface area contributed by atoms with Crippen LogP contribution in [0.1, 0.15) is 44.6 Å². The van der Waals surface area contributed by atoms with Crippen molar-refractivity contribution in [3.8, 4) is 0 Å². The summed E-state index contributed by atoms with van der Waals surface area (Å²) < 4.78 is 0. The van der Waals surface area contributed by atoms with E-state index in [0.29, 0.717) is 12.0 Å². The van der Waals surface area contributed by atoms with Crippen LogP contribution in [0.15, 0.2) is 24.3 Å². The van der Waals surface area contributed by atoms with Crippen molar-refractivity contribution in [3.05, 3.63) is 34.9 Å². The van der Waals surface area contributed by atoms with Crippen LogP contribution in [0.25, 0.3) is 0 Å². The lowest BCUT2D eigenvalue weighted by molar-refractivity contribution is 0.174. The fraction of sp³-hybridized carbons (Fsp3) is 0.625. The van der Waals surface area contributed by atoms with Crippen molar-refractivity contribution < 1.29 is 0 Å². The summed E-state index contributed by atoms with van der Waals surface area (Å²) in [6, 6.07) is 8.52. The predicted molar refractivity (Wildman–Crippen MR) is 82.0 cm³/mol. The Labute approximate surface area is 121 Å². The van der Waals surface area contributed by atoms with Crippen molar-refractivity contribution in [2.75, 3.05) is 0 Å². The van der Waals surface area contributed by atoms with Crippen LogP contribution in [0.3, 0.4) is 0 Å². The number of nitrogens with one attached hydrogen (secondary N) is 1. The van der Waals surface area contributed by atoms with Gasteiger partial charge < -0.3 is 0 Å². The van der Waals surface area contributed by atoms with Crippen molar-refractivity contribution in [1.29, 1.82) is 0 Å². The molecule has 0 aromatic heterocycles. The summed E-state index contributed by atoms with van der Waals surface area (Å²) in [4.78, 5) is 0. The molecular weight excluding hydrogens is 256 g/mol. The minimum absolute atomic E-state index is 0.381. The maximum Gasteiger partial charge on any atom is 0.0406 e. The molecule has 2 rings (SSSR count). The Hall–Kier alpha value is -0.570. The number of hydrogen-bond acceptors (Lipinski definition) is 2. The molecule has 3 atom stereocenters. The average molecular weight is 281 g/mol. The van der Waals surface area contributed by atoms with E-state index in [-0.39, 0.29) is 0 Å². The van der Waals surface area contributed by atoms with Gasteiger partial charge in [0.05, 0.1) is 0 Å². The number of nitrogens with two attached hydrogens (primary N) is 1. The quantitative estimate of drug-likeness (QED) is 0.633. The van der Waals surface area contributed by atoms with Gasteiger partial charge in [0.2, 0.25) is 0 Å². The summed E-state index contributed by atoms with van der Waals surface area (Å²) in [7, 11) is 0. The maximum absolute atomic E-state index is 5.94. The fourth-order valence-corrected chi connectivity index (χ4v) is 3.61. The zero-order chi connectivity index (χ0) is 13.7. The van der Waals surface area contributed by atoms with Crippen molar-refractivity contribution in [1.82, 2.24) is 5.43 Å². The Morgan fingerprint density at radius 3 is 2.58 bits per heavy atom. The molecular formula is C16H25ClN2. The van der Waals surface area contributed by atoms with Gasteiger partial charge in [-0.3, -0.25) is 11.3 Å². The van der Waals surface area contributed by atoms with E-state index in [1.807, 2.05) is 12.1 Å². The van der Waals surface area contributed by atoms with Crippen LogP contribution in [-0.2, 0) is 6.42 Å². The molecule has 1 fully saturated rings. The van der Waals surface area contributed by atoms with Gasteiger partial charge in [-0.25, -0.2) is 0 Å². The van der Waals surface area contributed by atoms with Crippen LogP contribution in [0.2, 0.25) is 5.02 Å². The van der Waals surface area contributed by atoms with Gasteiger partial charge in [-0.1, -0.05) is 56.3 Å². The predicted octanol–water partition coefficient (Wildman–Crippen LogP) is 3.93. The minimum atomic E-state index is 0.381. The number of rotatable bonds is 5. The Morgan fingerprint density at radius 2 is 1.95 bits per heavy atom. The molecule has 0 heterocycles. The lowest BCUT2D eigenvalue weighted by Crippen LogP contribution is -2.46. The molecule has 1 aliphatic rings. The number of hydrazine groups is 1. The largest absolute Gasteiger partial charge is 0.271 e. The van der Waals surface area contributed by atoms with Crippen molar-refractivity contribution in [2.24, 2.45) is 17.7 Å². The van der Waals surface area contributed by atoms with E-state index < -0.39 is 0 Å². The third-order valence-corrected chi connectivity index (χ3v) is 4.84. The monoisotopic (exact) mass is 280 g/mol. The highest BCUT2D eigenvalue weighted by molar-refractivity contribution is 6.30. The first-order valence-electron chi connectivity index (χ1n) is 7.45. The summed E-state index contributed by atoms with van der Waals surface area (Å²) in [6.45, 7) is 2.30. The first kappa shape index (κ1) is 14.8. The SMILES string of the molecule is CCC1CCCCC1C(Cc1ccc(Cl)cc1)NN. The highest BCUT2D eigenvalue weighted by Gasteiger charge is 2.30. The number of halogens is 1. The molecule has 3 unspecified atom stereocenters. The molecule has 0 amide bonds. The average Bonchev–Trinajstić information content (AvgIpc) is 2.46. The molecule has 106 valence electrons. The van der Waals surface area contributed by atoms with Gasteiger partial charge in [-0.2, -0.15) is 0 Å². The van der Waals surface area contributed by atoms with E-state index >= 15 is 0 Å². The van der Waals surface area contributed by atoms with E-state index in [1.54, 1.807) is 0 Å². The molecule has 1 aliphatic carbocycles. The molecule has 0 radical (unpaired) electrons. The summed E-state index contributed by atoms with van der Waals surface area (Å²) in [5.74, 6) is 7.35. The second-order valence-electron chi connectivity index (χ2n) is 5.72. The highest BCUT2D eigenvalue weighted by atomic mass is 35.5. The fourth-order valence-electron chi connectivity index (χ4n) is 3.48. The van der Waals surface area contributed by atoms with Crippen LogP contribution in [-0.4, -0.2) is 6.04 Å². The lowest BCUT2D eigenvalue weighted by Gasteiger charge is -2.36. The molecule has 0 spiro atoms. The van der Waals surface area contributed by atoms with E-state index in [0.717, 1.165) is 17.4 Å². The second kappa shape index (κ2) is 7.28. The topological polar surface area (TPSA) is 38.0 Å². The zero-order valence-electron chi connectivity index (χ0n) is 11.7. The van der Waals surface area contributed by atoms with Gasteiger partial charge in [-0.05, 0) is 42.4 Å². The van der Waals surface area contributed by atoms with Crippen molar-refractivity contribution >= 4 is 11.6 Å². The molecule has 1 saturated carbocycles. The van der Waals surface area contributed by atoms with Crippen LogP contribution in [0.5, 0.6) is 0 Å². The van der Waals surface area contributed by atoms with Gasteiger partial charge in [0.1, 0.15) is 0 Å². The van der Waals surface area contributed by atoms with Gasteiger partial charge in [0, 0.05) is 11.1 Å². The summed E-state index contributed by atoms with van der Waals surface area (Å²) >= 11 is 5.94. The van der Waals surface area contributed by atoms with Gasteiger partial charge in [0.15, 0.2) is 0 Å². The summed E-state index contributed by atoms with van der Waals surface area (Å²) in [5, 5.41) is 0.796. The molecule has 19 heavy (non-hydrogen) atoms. The van der Waals surface area contributed by atoms with Crippen LogP contribution < -0.4 is 11.3 Å². The highest BCUT2D eigenvalue weighted by Crippen LogP contribution is 2.35. The molecule has 0 aliphatic heterocycles. The Kier molecular flexibility index (Phi) is 5.68. The number of benzene rings is 1. The van der Waals surface area contributed by atoms with E-state index in [9.17, 15) is 0 Å². The van der Waals surface area contributed by atoms with E-state index in [1.165, 1.54) is 37.7 Å². The molecule has 0 saturated heterocycles. The zero-order valence-corrected chi connectivity index (χ0v) is 12.5. The third-order valence-electron chi connectivity index (χ3n) is 4.59. The smallest absolute Gasteiger partial charge is 0.0406 e. The molecule has 1 aromatic rings. The maximum atomic E-state index is 5.94. The standard InChI is InChI=1S/C16H25ClN2/c1-2-13-5-3-4-6-15(13)16(19-18)11-12-7-9-14(17)10-8-12/h7-10,13,15-16,19H,2-6,11,18H2,1H3. The minimum Gasteiger partial charge on any atom is -0.271 e. The van der Waals surface area contributed by atoms with Crippen LogP contribution in [0.4, 0.5) is 0 Å².